The Balaban J connectivity index is 1.75. The van der Waals surface area contributed by atoms with Gasteiger partial charge in [0.25, 0.3) is 5.89 Å². The number of para-hydroxylation sites is 1. The number of aliphatic hydroxyl groups excluding tert-OH is 1. The fourth-order valence-corrected chi connectivity index (χ4v) is 2.92. The summed E-state index contributed by atoms with van der Waals surface area (Å²) in [5, 5.41) is 13.7. The Labute approximate surface area is 120 Å². The van der Waals surface area contributed by atoms with Crippen LogP contribution in [0.15, 0.2) is 33.7 Å². The summed E-state index contributed by atoms with van der Waals surface area (Å²) in [4.78, 5) is 5.31. The summed E-state index contributed by atoms with van der Waals surface area (Å²) in [5.74, 6) is 2.18. The number of rotatable bonds is 4. The summed E-state index contributed by atoms with van der Waals surface area (Å²) in [6, 6.07) is 7.83. The number of ether oxygens (including phenoxy) is 1. The lowest BCUT2D eigenvalue weighted by molar-refractivity contribution is 0.127. The van der Waals surface area contributed by atoms with E-state index in [0.29, 0.717) is 24.5 Å². The largest absolute Gasteiger partial charge is 0.480 e. The van der Waals surface area contributed by atoms with Crippen molar-refractivity contribution in [3.63, 3.8) is 0 Å². The first-order valence-corrected chi connectivity index (χ1v) is 7.36. The number of thioether (sulfide) groups is 1. The molecular weight excluding hydrogens is 278 g/mol. The molecule has 0 saturated heterocycles. The quantitative estimate of drug-likeness (QED) is 0.885. The van der Waals surface area contributed by atoms with Crippen LogP contribution in [0.5, 0.6) is 5.75 Å². The molecule has 7 heteroatoms. The Kier molecular flexibility index (Phi) is 3.90. The number of fused-ring (bicyclic) bond motifs is 1. The first kappa shape index (κ1) is 13.4. The van der Waals surface area contributed by atoms with Gasteiger partial charge in [0.05, 0.1) is 0 Å². The fourth-order valence-electron chi connectivity index (χ4n) is 1.94. The Hall–Kier alpha value is -1.57. The second-order valence-electron chi connectivity index (χ2n) is 4.45. The topological polar surface area (TPSA) is 94.4 Å². The van der Waals surface area contributed by atoms with Gasteiger partial charge in [-0.05, 0) is 25.1 Å². The minimum atomic E-state index is -0.815. The van der Waals surface area contributed by atoms with Crippen LogP contribution in [0.4, 0.5) is 0 Å². The molecule has 1 aromatic carbocycles. The standard InChI is InChI=1S/C13H15N3O3S/c14-6-5-8(17)13-15-12(16-19-13)10-7-20-11-4-2-1-3-9(11)18-10/h1-4,8,10,17H,5-7,14H2/t8-,10?/m0/s1. The Morgan fingerprint density at radius 3 is 3.15 bits per heavy atom. The van der Waals surface area contributed by atoms with Gasteiger partial charge in [-0.1, -0.05) is 17.3 Å². The average molecular weight is 293 g/mol. The molecule has 3 rings (SSSR count). The molecule has 106 valence electrons. The van der Waals surface area contributed by atoms with Gasteiger partial charge >= 0.3 is 0 Å². The molecule has 6 nitrogen and oxygen atoms in total. The number of benzene rings is 1. The van der Waals surface area contributed by atoms with Gasteiger partial charge in [-0.2, -0.15) is 4.98 Å². The van der Waals surface area contributed by atoms with Crippen molar-refractivity contribution in [2.24, 2.45) is 5.73 Å². The lowest BCUT2D eigenvalue weighted by Gasteiger charge is -2.22. The van der Waals surface area contributed by atoms with E-state index in [0.717, 1.165) is 10.6 Å². The molecule has 3 N–H and O–H groups in total. The van der Waals surface area contributed by atoms with Crippen LogP contribution in [0.2, 0.25) is 0 Å². The number of nitrogens with two attached hydrogens (primary N) is 1. The number of aliphatic hydroxyl groups is 1. The van der Waals surface area contributed by atoms with Crippen molar-refractivity contribution in [3.8, 4) is 5.75 Å². The molecule has 20 heavy (non-hydrogen) atoms. The number of hydrogen-bond donors (Lipinski definition) is 2. The van der Waals surface area contributed by atoms with Crippen LogP contribution in [-0.4, -0.2) is 27.5 Å². The van der Waals surface area contributed by atoms with E-state index < -0.39 is 6.10 Å². The zero-order valence-corrected chi connectivity index (χ0v) is 11.5. The van der Waals surface area contributed by atoms with E-state index in [4.69, 9.17) is 15.0 Å². The Bertz CT molecular complexity index is 590. The molecule has 0 aliphatic carbocycles. The van der Waals surface area contributed by atoms with E-state index in [1.54, 1.807) is 11.8 Å². The van der Waals surface area contributed by atoms with E-state index >= 15 is 0 Å². The molecule has 1 unspecified atom stereocenters. The molecule has 0 amide bonds. The van der Waals surface area contributed by atoms with Crippen molar-refractivity contribution < 1.29 is 14.4 Å². The number of nitrogens with zero attached hydrogens (tertiary/aromatic N) is 2. The lowest BCUT2D eigenvalue weighted by atomic mass is 10.2. The summed E-state index contributed by atoms with van der Waals surface area (Å²) in [7, 11) is 0. The predicted molar refractivity (Wildman–Crippen MR) is 73.5 cm³/mol. The molecule has 0 radical (unpaired) electrons. The SMILES string of the molecule is NCC[C@H](O)c1nc(C2CSc3ccccc3O2)no1. The molecule has 0 saturated carbocycles. The summed E-state index contributed by atoms with van der Waals surface area (Å²) < 4.78 is 10.9. The molecule has 1 aliphatic rings. The van der Waals surface area contributed by atoms with Gasteiger partial charge in [0.2, 0.25) is 5.82 Å². The molecule has 0 fully saturated rings. The average Bonchev–Trinajstić information content (AvgIpc) is 2.97. The molecule has 2 atom stereocenters. The molecule has 1 aliphatic heterocycles. The zero-order valence-electron chi connectivity index (χ0n) is 10.7. The number of hydrogen-bond acceptors (Lipinski definition) is 7. The summed E-state index contributed by atoms with van der Waals surface area (Å²) in [6.45, 7) is 0.363. The third-order valence-electron chi connectivity index (χ3n) is 2.98. The highest BCUT2D eigenvalue weighted by atomic mass is 32.2. The molecule has 2 aromatic rings. The van der Waals surface area contributed by atoms with Crippen LogP contribution < -0.4 is 10.5 Å². The maximum Gasteiger partial charge on any atom is 0.255 e. The van der Waals surface area contributed by atoms with Crippen molar-refractivity contribution in [2.75, 3.05) is 12.3 Å². The van der Waals surface area contributed by atoms with Crippen molar-refractivity contribution in [2.45, 2.75) is 23.5 Å². The zero-order chi connectivity index (χ0) is 13.9. The highest BCUT2D eigenvalue weighted by Crippen LogP contribution is 2.39. The van der Waals surface area contributed by atoms with Crippen molar-refractivity contribution in [1.29, 1.82) is 0 Å². The van der Waals surface area contributed by atoms with E-state index in [1.807, 2.05) is 24.3 Å². The normalized spacial score (nSPS) is 19.2. The smallest absolute Gasteiger partial charge is 0.255 e. The van der Waals surface area contributed by atoms with Gasteiger partial charge in [0.1, 0.15) is 11.9 Å². The fraction of sp³-hybridized carbons (Fsp3) is 0.385. The van der Waals surface area contributed by atoms with Gasteiger partial charge in [-0.15, -0.1) is 11.8 Å². The predicted octanol–water partition coefficient (Wildman–Crippen LogP) is 1.68. The van der Waals surface area contributed by atoms with Gasteiger partial charge in [-0.3, -0.25) is 0 Å². The second kappa shape index (κ2) is 5.82. The van der Waals surface area contributed by atoms with E-state index in [9.17, 15) is 5.11 Å². The van der Waals surface area contributed by atoms with Crippen LogP contribution in [0.1, 0.15) is 30.3 Å². The van der Waals surface area contributed by atoms with Crippen LogP contribution in [0.3, 0.4) is 0 Å². The number of aromatic nitrogens is 2. The highest BCUT2D eigenvalue weighted by Gasteiger charge is 2.27. The maximum atomic E-state index is 9.77. The minimum absolute atomic E-state index is 0.193. The van der Waals surface area contributed by atoms with Gasteiger partial charge in [0.15, 0.2) is 6.10 Å². The maximum absolute atomic E-state index is 9.77. The van der Waals surface area contributed by atoms with Crippen LogP contribution >= 0.6 is 11.8 Å². The van der Waals surface area contributed by atoms with Gasteiger partial charge in [0, 0.05) is 10.6 Å². The van der Waals surface area contributed by atoms with Crippen molar-refractivity contribution in [1.82, 2.24) is 10.1 Å². The van der Waals surface area contributed by atoms with E-state index in [1.165, 1.54) is 0 Å². The Morgan fingerprint density at radius 2 is 2.30 bits per heavy atom. The van der Waals surface area contributed by atoms with Crippen molar-refractivity contribution in [3.05, 3.63) is 36.0 Å². The van der Waals surface area contributed by atoms with Crippen LogP contribution in [-0.2, 0) is 0 Å². The molecule has 0 bridgehead atoms. The van der Waals surface area contributed by atoms with Crippen molar-refractivity contribution >= 4 is 11.8 Å². The summed E-state index contributed by atoms with van der Waals surface area (Å²) in [6.07, 6.45) is -0.688. The van der Waals surface area contributed by atoms with Crippen LogP contribution in [0, 0.1) is 0 Å². The van der Waals surface area contributed by atoms with E-state index in [-0.39, 0.29) is 12.0 Å². The molecule has 2 heterocycles. The van der Waals surface area contributed by atoms with Gasteiger partial charge < -0.3 is 20.1 Å². The summed E-state index contributed by atoms with van der Waals surface area (Å²) >= 11 is 1.69. The summed E-state index contributed by atoms with van der Waals surface area (Å²) in [5.41, 5.74) is 5.39. The third-order valence-corrected chi connectivity index (χ3v) is 4.10. The first-order valence-electron chi connectivity index (χ1n) is 6.38. The molecule has 0 spiro atoms. The lowest BCUT2D eigenvalue weighted by Crippen LogP contribution is -2.16. The second-order valence-corrected chi connectivity index (χ2v) is 5.51. The highest BCUT2D eigenvalue weighted by molar-refractivity contribution is 7.99. The van der Waals surface area contributed by atoms with Gasteiger partial charge in [-0.25, -0.2) is 0 Å². The Morgan fingerprint density at radius 1 is 1.45 bits per heavy atom. The third kappa shape index (κ3) is 2.65. The minimum Gasteiger partial charge on any atom is -0.480 e. The molecular formula is C13H15N3O3S. The monoisotopic (exact) mass is 293 g/mol. The van der Waals surface area contributed by atoms with E-state index in [2.05, 4.69) is 10.1 Å². The molecule has 1 aromatic heterocycles. The van der Waals surface area contributed by atoms with Crippen LogP contribution in [0.25, 0.3) is 0 Å². The first-order chi connectivity index (χ1) is 9.78.